The number of hydrogen-bond acceptors (Lipinski definition) is 4. The molecule has 3 rings (SSSR count). The van der Waals surface area contributed by atoms with Gasteiger partial charge >= 0.3 is 5.97 Å². The highest BCUT2D eigenvalue weighted by atomic mass is 16.5. The highest BCUT2D eigenvalue weighted by molar-refractivity contribution is 6.21. The molecular weight excluding hydrogens is 342 g/mol. The van der Waals surface area contributed by atoms with Gasteiger partial charge in [0, 0.05) is 6.54 Å². The lowest BCUT2D eigenvalue weighted by Gasteiger charge is -2.15. The van der Waals surface area contributed by atoms with Crippen LogP contribution in [0.15, 0.2) is 48.5 Å². The zero-order chi connectivity index (χ0) is 19.2. The van der Waals surface area contributed by atoms with E-state index in [2.05, 4.69) is 0 Å². The van der Waals surface area contributed by atoms with Crippen LogP contribution in [-0.2, 0) is 22.4 Å². The molecule has 0 unspecified atom stereocenters. The summed E-state index contributed by atoms with van der Waals surface area (Å²) in [6.07, 6.45) is 2.53. The minimum Gasteiger partial charge on any atom is -0.465 e. The molecule has 2 aromatic carbocycles. The number of unbranched alkanes of at least 4 members (excludes halogenated alkanes) is 1. The summed E-state index contributed by atoms with van der Waals surface area (Å²) in [6.45, 7) is 2.77. The van der Waals surface area contributed by atoms with Crippen molar-refractivity contribution in [3.05, 3.63) is 70.8 Å². The molecule has 0 saturated heterocycles. The van der Waals surface area contributed by atoms with E-state index in [-0.39, 0.29) is 30.7 Å². The normalized spacial score (nSPS) is 13.0. The van der Waals surface area contributed by atoms with E-state index >= 15 is 0 Å². The molecule has 5 nitrogen and oxygen atoms in total. The standard InChI is InChI=1S/C22H23NO4/c1-2-3-14-27-20(24)15-17-9-5-4-8-16(17)12-13-23-21(25)18-10-6-7-11-19(18)22(23)26/h4-11H,2-3,12-15H2,1H3. The van der Waals surface area contributed by atoms with Crippen molar-refractivity contribution < 1.29 is 19.1 Å². The Hall–Kier alpha value is -2.95. The first-order chi connectivity index (χ1) is 13.1. The van der Waals surface area contributed by atoms with E-state index in [0.717, 1.165) is 24.0 Å². The average Bonchev–Trinajstić information content (AvgIpc) is 2.92. The van der Waals surface area contributed by atoms with Gasteiger partial charge in [-0.2, -0.15) is 0 Å². The first-order valence-electron chi connectivity index (χ1n) is 9.29. The molecule has 140 valence electrons. The maximum Gasteiger partial charge on any atom is 0.310 e. The fourth-order valence-electron chi connectivity index (χ4n) is 3.19. The van der Waals surface area contributed by atoms with Crippen molar-refractivity contribution in [2.75, 3.05) is 13.2 Å². The Morgan fingerprint density at radius 1 is 0.926 bits per heavy atom. The number of ether oxygens (including phenoxy) is 1. The Labute approximate surface area is 158 Å². The zero-order valence-electron chi connectivity index (χ0n) is 15.4. The number of amides is 2. The van der Waals surface area contributed by atoms with Crippen LogP contribution < -0.4 is 0 Å². The Morgan fingerprint density at radius 2 is 1.52 bits per heavy atom. The molecular formula is C22H23NO4. The number of benzene rings is 2. The molecule has 0 fully saturated rings. The second-order valence-electron chi connectivity index (χ2n) is 6.58. The third-order valence-electron chi connectivity index (χ3n) is 4.70. The second-order valence-corrected chi connectivity index (χ2v) is 6.58. The van der Waals surface area contributed by atoms with Crippen LogP contribution in [0, 0.1) is 0 Å². The Bertz CT molecular complexity index is 824. The molecule has 1 heterocycles. The summed E-state index contributed by atoms with van der Waals surface area (Å²) in [4.78, 5) is 38.2. The minimum absolute atomic E-state index is 0.196. The third kappa shape index (κ3) is 4.25. The first-order valence-corrected chi connectivity index (χ1v) is 9.29. The van der Waals surface area contributed by atoms with Gasteiger partial charge in [-0.25, -0.2) is 0 Å². The Balaban J connectivity index is 1.65. The quantitative estimate of drug-likeness (QED) is 0.409. The maximum atomic E-state index is 12.5. The minimum atomic E-state index is -0.257. The second kappa shape index (κ2) is 8.62. The number of imide groups is 1. The van der Waals surface area contributed by atoms with E-state index < -0.39 is 0 Å². The van der Waals surface area contributed by atoms with Gasteiger partial charge in [-0.15, -0.1) is 0 Å². The number of carbonyl (C=O) groups excluding carboxylic acids is 3. The van der Waals surface area contributed by atoms with E-state index in [9.17, 15) is 14.4 Å². The molecule has 1 aliphatic rings. The van der Waals surface area contributed by atoms with Crippen LogP contribution in [0.2, 0.25) is 0 Å². The highest BCUT2D eigenvalue weighted by Crippen LogP contribution is 2.23. The van der Waals surface area contributed by atoms with Gasteiger partial charge in [0.25, 0.3) is 11.8 Å². The molecule has 0 saturated carbocycles. The summed E-state index contributed by atoms with van der Waals surface area (Å²) in [7, 11) is 0. The number of rotatable bonds is 8. The summed E-state index contributed by atoms with van der Waals surface area (Å²) < 4.78 is 5.24. The van der Waals surface area contributed by atoms with Gasteiger partial charge in [0.05, 0.1) is 24.2 Å². The van der Waals surface area contributed by atoms with Crippen molar-refractivity contribution in [3.8, 4) is 0 Å². The molecule has 0 radical (unpaired) electrons. The van der Waals surface area contributed by atoms with E-state index in [4.69, 9.17) is 4.74 Å². The van der Waals surface area contributed by atoms with Gasteiger partial charge in [-0.1, -0.05) is 49.7 Å². The van der Waals surface area contributed by atoms with Crippen LogP contribution in [0.5, 0.6) is 0 Å². The number of esters is 1. The van der Waals surface area contributed by atoms with Gasteiger partial charge in [-0.3, -0.25) is 19.3 Å². The summed E-state index contributed by atoms with van der Waals surface area (Å²) in [6, 6.07) is 14.4. The van der Waals surface area contributed by atoms with Crippen LogP contribution in [0.4, 0.5) is 0 Å². The van der Waals surface area contributed by atoms with Gasteiger partial charge in [0.2, 0.25) is 0 Å². The Morgan fingerprint density at radius 3 is 2.15 bits per heavy atom. The summed E-state index contributed by atoms with van der Waals surface area (Å²) in [5.74, 6) is -0.768. The fourth-order valence-corrected chi connectivity index (χ4v) is 3.19. The molecule has 2 aromatic rings. The monoisotopic (exact) mass is 365 g/mol. The van der Waals surface area contributed by atoms with Crippen LogP contribution >= 0.6 is 0 Å². The van der Waals surface area contributed by atoms with Crippen molar-refractivity contribution >= 4 is 17.8 Å². The van der Waals surface area contributed by atoms with Crippen LogP contribution in [-0.4, -0.2) is 35.8 Å². The van der Waals surface area contributed by atoms with E-state index in [1.807, 2.05) is 31.2 Å². The molecule has 2 amide bonds. The lowest BCUT2D eigenvalue weighted by Crippen LogP contribution is -2.32. The zero-order valence-corrected chi connectivity index (χ0v) is 15.4. The number of hydrogen-bond donors (Lipinski definition) is 0. The van der Waals surface area contributed by atoms with Crippen molar-refractivity contribution in [3.63, 3.8) is 0 Å². The topological polar surface area (TPSA) is 63.7 Å². The van der Waals surface area contributed by atoms with Crippen LogP contribution in [0.1, 0.15) is 51.6 Å². The molecule has 0 bridgehead atoms. The smallest absolute Gasteiger partial charge is 0.310 e. The maximum absolute atomic E-state index is 12.5. The van der Waals surface area contributed by atoms with Crippen molar-refractivity contribution in [2.24, 2.45) is 0 Å². The van der Waals surface area contributed by atoms with E-state index in [1.165, 1.54) is 4.90 Å². The van der Waals surface area contributed by atoms with E-state index in [1.54, 1.807) is 24.3 Å². The van der Waals surface area contributed by atoms with Crippen molar-refractivity contribution in [1.29, 1.82) is 0 Å². The van der Waals surface area contributed by atoms with Crippen molar-refractivity contribution in [2.45, 2.75) is 32.6 Å². The predicted octanol–water partition coefficient (Wildman–Crippen LogP) is 3.41. The first kappa shape index (κ1) is 18.8. The molecule has 0 N–H and O–H groups in total. The molecule has 0 atom stereocenters. The van der Waals surface area contributed by atoms with Gasteiger partial charge in [-0.05, 0) is 36.1 Å². The molecule has 0 aromatic heterocycles. The third-order valence-corrected chi connectivity index (χ3v) is 4.70. The lowest BCUT2D eigenvalue weighted by atomic mass is 10.0. The van der Waals surface area contributed by atoms with Crippen LogP contribution in [0.3, 0.4) is 0 Å². The largest absolute Gasteiger partial charge is 0.465 e. The number of carbonyl (C=O) groups is 3. The molecule has 27 heavy (non-hydrogen) atoms. The lowest BCUT2D eigenvalue weighted by molar-refractivity contribution is -0.142. The van der Waals surface area contributed by atoms with Crippen molar-refractivity contribution in [1.82, 2.24) is 4.90 Å². The molecule has 5 heteroatoms. The molecule has 0 aliphatic carbocycles. The summed E-state index contributed by atoms with van der Waals surface area (Å²) >= 11 is 0. The Kier molecular flexibility index (Phi) is 6.01. The highest BCUT2D eigenvalue weighted by Gasteiger charge is 2.34. The predicted molar refractivity (Wildman–Crippen MR) is 102 cm³/mol. The van der Waals surface area contributed by atoms with Gasteiger partial charge in [0.15, 0.2) is 0 Å². The fraction of sp³-hybridized carbons (Fsp3) is 0.318. The SMILES string of the molecule is CCCCOC(=O)Cc1ccccc1CCN1C(=O)c2ccccc2C1=O. The number of nitrogens with zero attached hydrogens (tertiary/aromatic N) is 1. The van der Waals surface area contributed by atoms with Gasteiger partial charge in [0.1, 0.15) is 0 Å². The molecule has 0 spiro atoms. The van der Waals surface area contributed by atoms with E-state index in [0.29, 0.717) is 24.2 Å². The summed E-state index contributed by atoms with van der Waals surface area (Å²) in [5.41, 5.74) is 2.72. The molecule has 1 aliphatic heterocycles. The summed E-state index contributed by atoms with van der Waals surface area (Å²) in [5, 5.41) is 0. The average molecular weight is 365 g/mol. The number of fused-ring (bicyclic) bond motifs is 1. The van der Waals surface area contributed by atoms with Gasteiger partial charge < -0.3 is 4.74 Å². The van der Waals surface area contributed by atoms with Crippen LogP contribution in [0.25, 0.3) is 0 Å².